The van der Waals surface area contributed by atoms with Gasteiger partial charge in [-0.3, -0.25) is 14.7 Å². The Kier molecular flexibility index (Phi) is 7.48. The Labute approximate surface area is 184 Å². The zero-order chi connectivity index (χ0) is 21.5. The summed E-state index contributed by atoms with van der Waals surface area (Å²) in [4.78, 5) is 30.3. The van der Waals surface area contributed by atoms with E-state index in [-0.39, 0.29) is 24.1 Å². The summed E-state index contributed by atoms with van der Waals surface area (Å²) in [5.74, 6) is 0.259. The van der Waals surface area contributed by atoms with E-state index < -0.39 is 0 Å². The van der Waals surface area contributed by atoms with E-state index in [1.807, 2.05) is 12.1 Å². The molecule has 0 spiro atoms. The molecule has 2 N–H and O–H groups in total. The van der Waals surface area contributed by atoms with Crippen molar-refractivity contribution in [3.05, 3.63) is 59.1 Å². The van der Waals surface area contributed by atoms with E-state index in [0.717, 1.165) is 12.0 Å². The van der Waals surface area contributed by atoms with Gasteiger partial charge in [0, 0.05) is 12.6 Å². The number of amides is 2. The second-order valence-corrected chi connectivity index (χ2v) is 7.93. The monoisotopic (exact) mass is 443 g/mol. The number of H-pyrrole nitrogens is 1. The van der Waals surface area contributed by atoms with E-state index in [4.69, 9.17) is 11.6 Å². The molecule has 30 heavy (non-hydrogen) atoms. The molecule has 1 aromatic heterocycles. The number of thioether (sulfide) groups is 1. The predicted molar refractivity (Wildman–Crippen MR) is 120 cm³/mol. The van der Waals surface area contributed by atoms with Crippen LogP contribution in [0.25, 0.3) is 11.4 Å². The standard InChI is InChI=1S/C21H22ClN5O2S/c1-3-14-8-10-15(11-9-14)20-24-21(26-25-20)30-13-19(29)27(2)12-18(28)23-17-7-5-4-6-16(17)22/h4-11H,3,12-13H2,1-2H3,(H,23,28)(H,24,25,26). The molecule has 156 valence electrons. The minimum atomic E-state index is -0.320. The van der Waals surface area contributed by atoms with Gasteiger partial charge in [-0.15, -0.1) is 5.10 Å². The topological polar surface area (TPSA) is 91.0 Å². The van der Waals surface area contributed by atoms with Gasteiger partial charge < -0.3 is 10.2 Å². The maximum Gasteiger partial charge on any atom is 0.244 e. The lowest BCUT2D eigenvalue weighted by molar-refractivity contribution is -0.131. The second kappa shape index (κ2) is 10.3. The molecule has 0 aliphatic carbocycles. The second-order valence-electron chi connectivity index (χ2n) is 6.58. The van der Waals surface area contributed by atoms with Crippen molar-refractivity contribution in [3.8, 4) is 11.4 Å². The number of nitrogens with zero attached hydrogens (tertiary/aromatic N) is 3. The largest absolute Gasteiger partial charge is 0.336 e. The van der Waals surface area contributed by atoms with Crippen molar-refractivity contribution >= 4 is 40.9 Å². The third kappa shape index (κ3) is 5.84. The molecular weight excluding hydrogens is 422 g/mol. The highest BCUT2D eigenvalue weighted by atomic mass is 35.5. The fraction of sp³-hybridized carbons (Fsp3) is 0.238. The number of aromatic nitrogens is 3. The maximum absolute atomic E-state index is 12.4. The molecule has 9 heteroatoms. The van der Waals surface area contributed by atoms with Crippen LogP contribution in [0.5, 0.6) is 0 Å². The Morgan fingerprint density at radius 3 is 2.60 bits per heavy atom. The van der Waals surface area contributed by atoms with Crippen molar-refractivity contribution in [1.29, 1.82) is 0 Å². The number of aryl methyl sites for hydroxylation is 1. The molecule has 1 heterocycles. The Balaban J connectivity index is 1.49. The number of benzene rings is 2. The zero-order valence-electron chi connectivity index (χ0n) is 16.7. The van der Waals surface area contributed by atoms with Gasteiger partial charge in [0.25, 0.3) is 0 Å². The summed E-state index contributed by atoms with van der Waals surface area (Å²) < 4.78 is 0. The molecule has 0 saturated carbocycles. The van der Waals surface area contributed by atoms with Gasteiger partial charge in [0.05, 0.1) is 23.0 Å². The minimum Gasteiger partial charge on any atom is -0.336 e. The first-order chi connectivity index (χ1) is 14.5. The highest BCUT2D eigenvalue weighted by molar-refractivity contribution is 7.99. The van der Waals surface area contributed by atoms with E-state index in [9.17, 15) is 9.59 Å². The van der Waals surface area contributed by atoms with Gasteiger partial charge in [-0.25, -0.2) is 4.98 Å². The Morgan fingerprint density at radius 2 is 1.90 bits per heavy atom. The average Bonchev–Trinajstić information content (AvgIpc) is 3.22. The number of aromatic amines is 1. The lowest BCUT2D eigenvalue weighted by Crippen LogP contribution is -2.36. The molecule has 3 aromatic rings. The highest BCUT2D eigenvalue weighted by Crippen LogP contribution is 2.21. The molecule has 0 bridgehead atoms. The van der Waals surface area contributed by atoms with Crippen molar-refractivity contribution in [3.63, 3.8) is 0 Å². The smallest absolute Gasteiger partial charge is 0.244 e. The van der Waals surface area contributed by atoms with Gasteiger partial charge >= 0.3 is 0 Å². The van der Waals surface area contributed by atoms with Crippen LogP contribution in [0.3, 0.4) is 0 Å². The molecule has 0 unspecified atom stereocenters. The minimum absolute atomic E-state index is 0.0758. The summed E-state index contributed by atoms with van der Waals surface area (Å²) >= 11 is 7.25. The van der Waals surface area contributed by atoms with Gasteiger partial charge in [0.1, 0.15) is 0 Å². The maximum atomic E-state index is 12.4. The number of likely N-dealkylation sites (N-methyl/N-ethyl adjacent to an activating group) is 1. The van der Waals surface area contributed by atoms with Crippen molar-refractivity contribution in [2.75, 3.05) is 24.7 Å². The molecule has 0 aliphatic heterocycles. The van der Waals surface area contributed by atoms with E-state index in [2.05, 4.69) is 39.6 Å². The third-order valence-corrected chi connectivity index (χ3v) is 5.54. The summed E-state index contributed by atoms with van der Waals surface area (Å²) in [5, 5.41) is 10.7. The van der Waals surface area contributed by atoms with E-state index in [1.54, 1.807) is 31.3 Å². The van der Waals surface area contributed by atoms with Crippen LogP contribution in [-0.4, -0.2) is 51.2 Å². The summed E-state index contributed by atoms with van der Waals surface area (Å²) in [7, 11) is 1.58. The fourth-order valence-electron chi connectivity index (χ4n) is 2.63. The number of nitrogens with one attached hydrogen (secondary N) is 2. The molecular formula is C21H22ClN5O2S. The van der Waals surface area contributed by atoms with Crippen LogP contribution in [-0.2, 0) is 16.0 Å². The van der Waals surface area contributed by atoms with E-state index >= 15 is 0 Å². The molecule has 0 fully saturated rings. The third-order valence-electron chi connectivity index (χ3n) is 4.38. The average molecular weight is 444 g/mol. The molecule has 7 nitrogen and oxygen atoms in total. The Bertz CT molecular complexity index is 1020. The number of rotatable bonds is 8. The molecule has 0 aliphatic rings. The number of hydrogen-bond donors (Lipinski definition) is 2. The Morgan fingerprint density at radius 1 is 1.17 bits per heavy atom. The van der Waals surface area contributed by atoms with E-state index in [1.165, 1.54) is 22.2 Å². The molecule has 0 atom stereocenters. The van der Waals surface area contributed by atoms with Crippen LogP contribution in [0.4, 0.5) is 5.69 Å². The lowest BCUT2D eigenvalue weighted by atomic mass is 10.1. The van der Waals surface area contributed by atoms with Crippen LogP contribution >= 0.6 is 23.4 Å². The van der Waals surface area contributed by atoms with Gasteiger partial charge in [0.15, 0.2) is 5.82 Å². The van der Waals surface area contributed by atoms with E-state index in [0.29, 0.717) is 21.7 Å². The first-order valence-corrected chi connectivity index (χ1v) is 10.8. The number of anilines is 1. The normalized spacial score (nSPS) is 10.6. The van der Waals surface area contributed by atoms with Gasteiger partial charge in [-0.05, 0) is 24.1 Å². The van der Waals surface area contributed by atoms with Crippen LogP contribution in [0.15, 0.2) is 53.7 Å². The number of carbonyl (C=O) groups is 2. The first-order valence-electron chi connectivity index (χ1n) is 9.39. The molecule has 0 saturated heterocycles. The zero-order valence-corrected chi connectivity index (χ0v) is 18.3. The number of para-hydroxylation sites is 1. The van der Waals surface area contributed by atoms with Crippen molar-refractivity contribution in [1.82, 2.24) is 20.1 Å². The highest BCUT2D eigenvalue weighted by Gasteiger charge is 2.16. The van der Waals surface area contributed by atoms with Crippen molar-refractivity contribution in [2.24, 2.45) is 0 Å². The fourth-order valence-corrected chi connectivity index (χ4v) is 3.55. The van der Waals surface area contributed by atoms with Gasteiger partial charge in [0.2, 0.25) is 17.0 Å². The summed E-state index contributed by atoms with van der Waals surface area (Å²) in [6.45, 7) is 2.03. The predicted octanol–water partition coefficient (Wildman–Crippen LogP) is 3.88. The Hall–Kier alpha value is -2.84. The summed E-state index contributed by atoms with van der Waals surface area (Å²) in [6.07, 6.45) is 0.976. The summed E-state index contributed by atoms with van der Waals surface area (Å²) in [6, 6.07) is 15.0. The van der Waals surface area contributed by atoms with Gasteiger partial charge in [-0.2, -0.15) is 0 Å². The number of hydrogen-bond acceptors (Lipinski definition) is 5. The van der Waals surface area contributed by atoms with Crippen molar-refractivity contribution in [2.45, 2.75) is 18.5 Å². The molecule has 0 radical (unpaired) electrons. The van der Waals surface area contributed by atoms with Gasteiger partial charge in [-0.1, -0.05) is 66.7 Å². The van der Waals surface area contributed by atoms with Crippen molar-refractivity contribution < 1.29 is 9.59 Å². The molecule has 3 rings (SSSR count). The lowest BCUT2D eigenvalue weighted by Gasteiger charge is -2.16. The van der Waals surface area contributed by atoms with Crippen LogP contribution in [0, 0.1) is 0 Å². The van der Waals surface area contributed by atoms with Crippen LogP contribution in [0.2, 0.25) is 5.02 Å². The first kappa shape index (κ1) is 21.9. The quantitative estimate of drug-likeness (QED) is 0.515. The SMILES string of the molecule is CCc1ccc(-c2nc(SCC(=O)N(C)CC(=O)Nc3ccccc3Cl)n[nH]2)cc1. The summed E-state index contributed by atoms with van der Waals surface area (Å²) in [5.41, 5.74) is 2.70. The van der Waals surface area contributed by atoms with Crippen LogP contribution in [0.1, 0.15) is 12.5 Å². The van der Waals surface area contributed by atoms with Crippen LogP contribution < -0.4 is 5.32 Å². The number of carbonyl (C=O) groups excluding carboxylic acids is 2. The molecule has 2 amide bonds. The molecule has 2 aromatic carbocycles. The number of halogens is 1.